The normalized spacial score (nSPS) is 10.6. The molecule has 0 saturated carbocycles. The molecular weight excluding hydrogens is 324 g/mol. The number of benzene rings is 3. The van der Waals surface area contributed by atoms with Crippen LogP contribution in [0.25, 0.3) is 6.08 Å². The van der Waals surface area contributed by atoms with Crippen LogP contribution in [-0.2, 0) is 0 Å². The van der Waals surface area contributed by atoms with E-state index in [0.717, 1.165) is 5.56 Å². The number of amides is 1. The molecule has 3 aromatic rings. The molecule has 0 radical (unpaired) electrons. The SMILES string of the molecule is Nc1ccccc1NC(=O)c1ccc(C=CC(=O)c2ccccc2)cc1. The second-order valence-electron chi connectivity index (χ2n) is 5.73. The molecule has 0 atom stereocenters. The fourth-order valence-electron chi connectivity index (χ4n) is 2.42. The summed E-state index contributed by atoms with van der Waals surface area (Å²) in [6.45, 7) is 0. The van der Waals surface area contributed by atoms with E-state index in [9.17, 15) is 9.59 Å². The summed E-state index contributed by atoms with van der Waals surface area (Å²) in [7, 11) is 0. The van der Waals surface area contributed by atoms with E-state index in [0.29, 0.717) is 22.5 Å². The highest BCUT2D eigenvalue weighted by molar-refractivity contribution is 6.07. The topological polar surface area (TPSA) is 72.2 Å². The Balaban J connectivity index is 1.66. The van der Waals surface area contributed by atoms with Crippen molar-refractivity contribution in [3.05, 3.63) is 102 Å². The summed E-state index contributed by atoms with van der Waals surface area (Å²) in [6.07, 6.45) is 3.25. The zero-order chi connectivity index (χ0) is 18.4. The maximum atomic E-state index is 12.3. The van der Waals surface area contributed by atoms with Gasteiger partial charge in [-0.1, -0.05) is 60.7 Å². The van der Waals surface area contributed by atoms with Gasteiger partial charge in [0.2, 0.25) is 0 Å². The Bertz CT molecular complexity index is 945. The third-order valence-corrected chi connectivity index (χ3v) is 3.87. The minimum Gasteiger partial charge on any atom is -0.397 e. The Labute approximate surface area is 152 Å². The highest BCUT2D eigenvalue weighted by Crippen LogP contribution is 2.18. The largest absolute Gasteiger partial charge is 0.397 e. The molecule has 0 heterocycles. The Morgan fingerprint density at radius 3 is 2.12 bits per heavy atom. The molecule has 3 aromatic carbocycles. The summed E-state index contributed by atoms with van der Waals surface area (Å²) in [6, 6.07) is 23.2. The third-order valence-electron chi connectivity index (χ3n) is 3.87. The molecule has 3 N–H and O–H groups in total. The summed E-state index contributed by atoms with van der Waals surface area (Å²) in [5.74, 6) is -0.300. The summed E-state index contributed by atoms with van der Waals surface area (Å²) < 4.78 is 0. The molecule has 0 spiro atoms. The van der Waals surface area contributed by atoms with E-state index in [1.807, 2.05) is 30.3 Å². The molecular formula is C22H18N2O2. The third kappa shape index (κ3) is 4.24. The van der Waals surface area contributed by atoms with Crippen LogP contribution >= 0.6 is 0 Å². The van der Waals surface area contributed by atoms with Crippen molar-refractivity contribution in [3.63, 3.8) is 0 Å². The van der Waals surface area contributed by atoms with Crippen LogP contribution in [0.3, 0.4) is 0 Å². The predicted octanol–water partition coefficient (Wildman–Crippen LogP) is 4.42. The summed E-state index contributed by atoms with van der Waals surface area (Å²) in [5, 5.41) is 2.78. The average molecular weight is 342 g/mol. The van der Waals surface area contributed by atoms with Gasteiger partial charge < -0.3 is 11.1 Å². The van der Waals surface area contributed by atoms with E-state index in [1.165, 1.54) is 6.08 Å². The van der Waals surface area contributed by atoms with Gasteiger partial charge in [0.25, 0.3) is 5.91 Å². The van der Waals surface area contributed by atoms with Gasteiger partial charge in [0.15, 0.2) is 5.78 Å². The van der Waals surface area contributed by atoms with Gasteiger partial charge in [0, 0.05) is 11.1 Å². The molecule has 1 amide bonds. The Hall–Kier alpha value is -3.66. The van der Waals surface area contributed by atoms with Crippen LogP contribution in [0.4, 0.5) is 11.4 Å². The first kappa shape index (κ1) is 17.2. The van der Waals surface area contributed by atoms with Gasteiger partial charge >= 0.3 is 0 Å². The molecule has 4 heteroatoms. The van der Waals surface area contributed by atoms with Gasteiger partial charge in [-0.15, -0.1) is 0 Å². The molecule has 3 rings (SSSR count). The number of anilines is 2. The maximum Gasteiger partial charge on any atom is 0.255 e. The first-order valence-corrected chi connectivity index (χ1v) is 8.17. The van der Waals surface area contributed by atoms with Crippen molar-refractivity contribution in [2.24, 2.45) is 0 Å². The van der Waals surface area contributed by atoms with Gasteiger partial charge in [-0.25, -0.2) is 0 Å². The number of nitrogen functional groups attached to an aromatic ring is 1. The van der Waals surface area contributed by atoms with E-state index >= 15 is 0 Å². The van der Waals surface area contributed by atoms with Crippen molar-refractivity contribution in [3.8, 4) is 0 Å². The van der Waals surface area contributed by atoms with Crippen molar-refractivity contribution < 1.29 is 9.59 Å². The Morgan fingerprint density at radius 1 is 0.769 bits per heavy atom. The number of nitrogens with one attached hydrogen (secondary N) is 1. The zero-order valence-corrected chi connectivity index (χ0v) is 14.1. The fraction of sp³-hybridized carbons (Fsp3) is 0. The van der Waals surface area contributed by atoms with Crippen molar-refractivity contribution in [2.45, 2.75) is 0 Å². The molecule has 0 bridgehead atoms. The van der Waals surface area contributed by atoms with E-state index in [1.54, 1.807) is 54.6 Å². The van der Waals surface area contributed by atoms with E-state index in [-0.39, 0.29) is 11.7 Å². The predicted molar refractivity (Wildman–Crippen MR) is 105 cm³/mol. The molecule has 0 aromatic heterocycles. The minimum atomic E-state index is -0.237. The standard InChI is InChI=1S/C22H18N2O2/c23-19-8-4-5-9-20(19)24-22(26)18-13-10-16(11-14-18)12-15-21(25)17-6-2-1-3-7-17/h1-15H,23H2,(H,24,26). The molecule has 0 aliphatic carbocycles. The van der Waals surface area contributed by atoms with E-state index < -0.39 is 0 Å². The van der Waals surface area contributed by atoms with Crippen LogP contribution in [0.1, 0.15) is 26.3 Å². The van der Waals surface area contributed by atoms with Gasteiger partial charge in [-0.05, 0) is 35.9 Å². The lowest BCUT2D eigenvalue weighted by atomic mass is 10.1. The van der Waals surface area contributed by atoms with Gasteiger partial charge in [0.1, 0.15) is 0 Å². The van der Waals surface area contributed by atoms with E-state index in [2.05, 4.69) is 5.32 Å². The number of hydrogen-bond acceptors (Lipinski definition) is 3. The fourth-order valence-corrected chi connectivity index (χ4v) is 2.42. The minimum absolute atomic E-state index is 0.0630. The highest BCUT2D eigenvalue weighted by Gasteiger charge is 2.07. The van der Waals surface area contributed by atoms with Crippen molar-refractivity contribution in [1.29, 1.82) is 0 Å². The second-order valence-corrected chi connectivity index (χ2v) is 5.73. The van der Waals surface area contributed by atoms with Crippen LogP contribution in [0.5, 0.6) is 0 Å². The van der Waals surface area contributed by atoms with Gasteiger partial charge in [-0.2, -0.15) is 0 Å². The summed E-state index contributed by atoms with van der Waals surface area (Å²) >= 11 is 0. The number of hydrogen-bond donors (Lipinski definition) is 2. The van der Waals surface area contributed by atoms with Crippen LogP contribution in [0.15, 0.2) is 84.9 Å². The first-order valence-electron chi connectivity index (χ1n) is 8.17. The number of allylic oxidation sites excluding steroid dienone is 1. The second kappa shape index (κ2) is 7.94. The van der Waals surface area contributed by atoms with Crippen LogP contribution in [0, 0.1) is 0 Å². The molecule has 4 nitrogen and oxygen atoms in total. The molecule has 128 valence electrons. The Kier molecular flexibility index (Phi) is 5.25. The molecule has 0 aliphatic rings. The number of para-hydroxylation sites is 2. The Morgan fingerprint density at radius 2 is 1.42 bits per heavy atom. The average Bonchev–Trinajstić information content (AvgIpc) is 2.69. The van der Waals surface area contributed by atoms with Crippen LogP contribution in [0.2, 0.25) is 0 Å². The number of rotatable bonds is 5. The highest BCUT2D eigenvalue weighted by atomic mass is 16.1. The smallest absolute Gasteiger partial charge is 0.255 e. The number of nitrogens with two attached hydrogens (primary N) is 1. The lowest BCUT2D eigenvalue weighted by molar-refractivity contribution is 0.102. The molecule has 0 fully saturated rings. The van der Waals surface area contributed by atoms with Crippen molar-refractivity contribution in [1.82, 2.24) is 0 Å². The van der Waals surface area contributed by atoms with E-state index in [4.69, 9.17) is 5.73 Å². The monoisotopic (exact) mass is 342 g/mol. The molecule has 26 heavy (non-hydrogen) atoms. The molecule has 0 aliphatic heterocycles. The number of carbonyl (C=O) groups is 2. The van der Waals surface area contributed by atoms with Crippen LogP contribution in [-0.4, -0.2) is 11.7 Å². The molecule has 0 unspecified atom stereocenters. The van der Waals surface area contributed by atoms with Gasteiger partial charge in [-0.3, -0.25) is 9.59 Å². The first-order chi connectivity index (χ1) is 12.6. The number of carbonyl (C=O) groups excluding carboxylic acids is 2. The lowest BCUT2D eigenvalue weighted by Gasteiger charge is -2.08. The van der Waals surface area contributed by atoms with Crippen LogP contribution < -0.4 is 11.1 Å². The zero-order valence-electron chi connectivity index (χ0n) is 14.1. The maximum absolute atomic E-state index is 12.3. The lowest BCUT2D eigenvalue weighted by Crippen LogP contribution is -2.12. The molecule has 0 saturated heterocycles. The quantitative estimate of drug-likeness (QED) is 0.410. The van der Waals surface area contributed by atoms with Crippen molar-refractivity contribution in [2.75, 3.05) is 11.1 Å². The van der Waals surface area contributed by atoms with Crippen molar-refractivity contribution >= 4 is 29.1 Å². The van der Waals surface area contributed by atoms with Gasteiger partial charge in [0.05, 0.1) is 11.4 Å². The summed E-state index contributed by atoms with van der Waals surface area (Å²) in [5.41, 5.74) is 8.91. The number of ketones is 1. The summed E-state index contributed by atoms with van der Waals surface area (Å²) in [4.78, 5) is 24.4.